The van der Waals surface area contributed by atoms with Crippen molar-refractivity contribution in [3.8, 4) is 0 Å². The summed E-state index contributed by atoms with van der Waals surface area (Å²) in [7, 11) is 0. The first kappa shape index (κ1) is 18.2. The van der Waals surface area contributed by atoms with Crippen LogP contribution in [0.3, 0.4) is 0 Å². The fourth-order valence-electron chi connectivity index (χ4n) is 3.15. The monoisotopic (exact) mass is 570 g/mol. The number of hydrogen-bond donors (Lipinski definition) is 3. The Bertz CT molecular complexity index is 668. The van der Waals surface area contributed by atoms with Crippen LogP contribution in [-0.4, -0.2) is 28.6 Å². The van der Waals surface area contributed by atoms with Crippen molar-refractivity contribution in [2.24, 2.45) is 0 Å². The topological polar surface area (TPSA) is 52.7 Å². The van der Waals surface area contributed by atoms with Crippen molar-refractivity contribution < 1.29 is 0 Å². The minimum absolute atomic E-state index is 0.411. The van der Waals surface area contributed by atoms with Crippen molar-refractivity contribution in [1.29, 1.82) is 0 Å². The molecule has 3 N–H and O–H groups in total. The van der Waals surface area contributed by atoms with Gasteiger partial charge in [-0.15, -0.1) is 0 Å². The van der Waals surface area contributed by atoms with E-state index in [-0.39, 0.29) is 0 Å². The molecule has 1 aromatic heterocycles. The Kier molecular flexibility index (Phi) is 6.10. The van der Waals surface area contributed by atoms with Gasteiger partial charge in [-0.2, -0.15) is 0 Å². The van der Waals surface area contributed by atoms with Gasteiger partial charge in [0.05, 0.1) is 14.5 Å². The maximum atomic E-state index is 4.74. The van der Waals surface area contributed by atoms with E-state index >= 15 is 0 Å². The summed E-state index contributed by atoms with van der Waals surface area (Å²) < 4.78 is 3.84. The number of nitrogens with one attached hydrogen (secondary N) is 3. The lowest BCUT2D eigenvalue weighted by Gasteiger charge is -2.32. The molecule has 8 heteroatoms. The van der Waals surface area contributed by atoms with Gasteiger partial charge in [0, 0.05) is 21.0 Å². The molecule has 1 aromatic carbocycles. The van der Waals surface area contributed by atoms with Gasteiger partial charge >= 0.3 is 0 Å². The number of aromatic amines is 1. The van der Waals surface area contributed by atoms with Gasteiger partial charge in [-0.05, 0) is 83.1 Å². The van der Waals surface area contributed by atoms with Crippen LogP contribution in [0.5, 0.6) is 0 Å². The third-order valence-corrected chi connectivity index (χ3v) is 9.01. The molecule has 2 unspecified atom stereocenters. The Morgan fingerprint density at radius 3 is 2.35 bits per heavy atom. The molecule has 0 saturated heterocycles. The Morgan fingerprint density at radius 2 is 1.65 bits per heavy atom. The van der Waals surface area contributed by atoms with Gasteiger partial charge < -0.3 is 15.6 Å². The molecule has 1 aliphatic rings. The molecule has 1 fully saturated rings. The van der Waals surface area contributed by atoms with Crippen LogP contribution in [0.4, 0.5) is 5.95 Å². The van der Waals surface area contributed by atoms with Gasteiger partial charge in [-0.25, -0.2) is 4.98 Å². The largest absolute Gasteiger partial charge is 0.351 e. The highest BCUT2D eigenvalue weighted by molar-refractivity contribution is 9.15. The zero-order chi connectivity index (χ0) is 16.6. The molecular formula is C15H18Br4N4. The highest BCUT2D eigenvalue weighted by Gasteiger charge is 2.25. The molecule has 23 heavy (non-hydrogen) atoms. The molecule has 0 aliphatic heterocycles. The molecule has 0 spiro atoms. The summed E-state index contributed by atoms with van der Waals surface area (Å²) in [6.07, 6.45) is 4.96. The van der Waals surface area contributed by atoms with Gasteiger partial charge in [0.2, 0.25) is 5.95 Å². The van der Waals surface area contributed by atoms with Crippen molar-refractivity contribution in [3.05, 3.63) is 17.9 Å². The van der Waals surface area contributed by atoms with E-state index in [1.54, 1.807) is 0 Å². The number of imidazole rings is 1. The number of hydrogen-bond acceptors (Lipinski definition) is 3. The Balaban J connectivity index is 1.91. The van der Waals surface area contributed by atoms with Crippen molar-refractivity contribution in [2.75, 3.05) is 11.9 Å². The van der Waals surface area contributed by atoms with Crippen LogP contribution < -0.4 is 10.6 Å². The minimum atomic E-state index is 0.411. The summed E-state index contributed by atoms with van der Waals surface area (Å²) in [5, 5.41) is 7.19. The van der Waals surface area contributed by atoms with E-state index in [9.17, 15) is 0 Å². The van der Waals surface area contributed by atoms with E-state index in [2.05, 4.69) is 86.3 Å². The predicted molar refractivity (Wildman–Crippen MR) is 110 cm³/mol. The standard InChI is InChI=1S/C15H18Br4N4/c1-2-20-7-5-3-4-6-8(7)21-15-22-13-11(18)9(16)10(17)12(19)14(13)23-15/h7-8,20H,2-6H2,1H3,(H2,21,22,23). The Morgan fingerprint density at radius 1 is 1.00 bits per heavy atom. The number of anilines is 1. The van der Waals surface area contributed by atoms with Crippen molar-refractivity contribution in [3.63, 3.8) is 0 Å². The molecule has 126 valence electrons. The van der Waals surface area contributed by atoms with Crippen LogP contribution in [0, 0.1) is 0 Å². The smallest absolute Gasteiger partial charge is 0.201 e. The summed E-state index contributed by atoms with van der Waals surface area (Å²) in [5.74, 6) is 0.821. The Hall–Kier alpha value is 0.370. The quantitative estimate of drug-likeness (QED) is 0.313. The molecular weight excluding hydrogens is 556 g/mol. The van der Waals surface area contributed by atoms with Crippen LogP contribution in [0.2, 0.25) is 0 Å². The predicted octanol–water partition coefficient (Wildman–Crippen LogP) is 5.95. The van der Waals surface area contributed by atoms with E-state index in [1.165, 1.54) is 25.7 Å². The summed E-state index contributed by atoms with van der Waals surface area (Å²) in [4.78, 5) is 8.15. The molecule has 3 rings (SSSR count). The molecule has 2 atom stereocenters. The van der Waals surface area contributed by atoms with Gasteiger partial charge in [0.25, 0.3) is 0 Å². The molecule has 0 radical (unpaired) electrons. The average Bonchev–Trinajstić information content (AvgIpc) is 2.97. The SMILES string of the molecule is CCNC1CCCCC1Nc1nc2c(Br)c(Br)c(Br)c(Br)c2[nH]1. The first-order valence-corrected chi connectivity index (χ1v) is 10.9. The van der Waals surface area contributed by atoms with E-state index in [0.29, 0.717) is 12.1 Å². The summed E-state index contributed by atoms with van der Waals surface area (Å²) in [6, 6.07) is 0.918. The van der Waals surface area contributed by atoms with Crippen LogP contribution >= 0.6 is 63.7 Å². The lowest BCUT2D eigenvalue weighted by atomic mass is 9.90. The van der Waals surface area contributed by atoms with Crippen molar-refractivity contribution in [2.45, 2.75) is 44.7 Å². The summed E-state index contributed by atoms with van der Waals surface area (Å²) >= 11 is 14.4. The van der Waals surface area contributed by atoms with E-state index < -0.39 is 0 Å². The molecule has 1 aliphatic carbocycles. The maximum absolute atomic E-state index is 4.74. The van der Waals surface area contributed by atoms with Gasteiger partial charge in [0.1, 0.15) is 5.52 Å². The molecule has 0 bridgehead atoms. The Labute approximate surface area is 169 Å². The highest BCUT2D eigenvalue weighted by Crippen LogP contribution is 2.43. The lowest BCUT2D eigenvalue weighted by Crippen LogP contribution is -2.46. The number of rotatable bonds is 4. The second kappa shape index (κ2) is 7.72. The van der Waals surface area contributed by atoms with Gasteiger partial charge in [0.15, 0.2) is 0 Å². The highest BCUT2D eigenvalue weighted by atomic mass is 79.9. The summed E-state index contributed by atoms with van der Waals surface area (Å²) in [5.41, 5.74) is 1.88. The minimum Gasteiger partial charge on any atom is -0.351 e. The third kappa shape index (κ3) is 3.66. The van der Waals surface area contributed by atoms with E-state index in [1.807, 2.05) is 0 Å². The zero-order valence-corrected chi connectivity index (χ0v) is 19.0. The number of fused-ring (bicyclic) bond motifs is 1. The number of benzene rings is 1. The number of aromatic nitrogens is 2. The van der Waals surface area contributed by atoms with Crippen molar-refractivity contribution in [1.82, 2.24) is 15.3 Å². The number of likely N-dealkylation sites (N-methyl/N-ethyl adjacent to an activating group) is 1. The second-order valence-electron chi connectivity index (χ2n) is 5.76. The zero-order valence-electron chi connectivity index (χ0n) is 12.6. The lowest BCUT2D eigenvalue weighted by molar-refractivity contribution is 0.348. The van der Waals surface area contributed by atoms with Crippen molar-refractivity contribution >= 4 is 80.7 Å². The fourth-order valence-corrected chi connectivity index (χ4v) is 5.44. The fraction of sp³-hybridized carbons (Fsp3) is 0.533. The second-order valence-corrected chi connectivity index (χ2v) is 8.94. The van der Waals surface area contributed by atoms with Crippen LogP contribution in [0.15, 0.2) is 17.9 Å². The first-order valence-electron chi connectivity index (χ1n) is 7.74. The maximum Gasteiger partial charge on any atom is 0.201 e. The van der Waals surface area contributed by atoms with Crippen LogP contribution in [0.25, 0.3) is 11.0 Å². The molecule has 4 nitrogen and oxygen atoms in total. The molecule has 0 amide bonds. The van der Waals surface area contributed by atoms with Crippen LogP contribution in [-0.2, 0) is 0 Å². The molecule has 1 saturated carbocycles. The molecule has 1 heterocycles. The van der Waals surface area contributed by atoms with Gasteiger partial charge in [-0.3, -0.25) is 0 Å². The number of nitrogens with zero attached hydrogens (tertiary/aromatic N) is 1. The van der Waals surface area contributed by atoms with Crippen LogP contribution in [0.1, 0.15) is 32.6 Å². The van der Waals surface area contributed by atoms with E-state index in [0.717, 1.165) is 41.4 Å². The first-order chi connectivity index (χ1) is 11.0. The normalized spacial score (nSPS) is 21.8. The summed E-state index contributed by atoms with van der Waals surface area (Å²) in [6.45, 7) is 3.16. The van der Waals surface area contributed by atoms with E-state index in [4.69, 9.17) is 4.98 Å². The van der Waals surface area contributed by atoms with Gasteiger partial charge in [-0.1, -0.05) is 19.8 Å². The number of halogens is 4. The number of H-pyrrole nitrogens is 1. The third-order valence-electron chi connectivity index (χ3n) is 4.26. The molecule has 2 aromatic rings. The average molecular weight is 574 g/mol.